The summed E-state index contributed by atoms with van der Waals surface area (Å²) in [7, 11) is -2.37. The maximum atomic E-state index is 12.5. The molecule has 0 radical (unpaired) electrons. The summed E-state index contributed by atoms with van der Waals surface area (Å²) in [5.41, 5.74) is -0.191. The number of carbonyl (C=O) groups is 2. The van der Waals surface area contributed by atoms with Gasteiger partial charge in [0.15, 0.2) is 0 Å². The number of nitrogens with one attached hydrogen (secondary N) is 2. The van der Waals surface area contributed by atoms with Crippen molar-refractivity contribution in [2.75, 3.05) is 23.6 Å². The van der Waals surface area contributed by atoms with Crippen LogP contribution in [0, 0.1) is 0 Å². The Labute approximate surface area is 170 Å². The molecule has 2 rings (SSSR count). The summed E-state index contributed by atoms with van der Waals surface area (Å²) in [5.74, 6) is -0.496. The molecule has 0 aromatic heterocycles. The Morgan fingerprint density at radius 3 is 2.10 bits per heavy atom. The summed E-state index contributed by atoms with van der Waals surface area (Å²) in [4.78, 5) is 25.6. The third-order valence-corrected chi connectivity index (χ3v) is 4.97. The Kier molecular flexibility index (Phi) is 6.86. The molecule has 0 unspecified atom stereocenters. The zero-order chi connectivity index (χ0) is 21.7. The molecule has 0 heterocycles. The van der Waals surface area contributed by atoms with Gasteiger partial charge in [-0.05, 0) is 45.0 Å². The van der Waals surface area contributed by atoms with Gasteiger partial charge >= 0.3 is 6.09 Å². The van der Waals surface area contributed by atoms with Gasteiger partial charge in [0.1, 0.15) is 12.1 Å². The van der Waals surface area contributed by atoms with Gasteiger partial charge in [-0.1, -0.05) is 30.3 Å². The van der Waals surface area contributed by atoms with E-state index in [1.807, 2.05) is 0 Å². The number of anilines is 2. The van der Waals surface area contributed by atoms with E-state index in [1.54, 1.807) is 57.2 Å². The summed E-state index contributed by atoms with van der Waals surface area (Å²) < 4.78 is 32.8. The SMILES string of the molecule is CN(CC(=O)Nc1ccccc1NS(=O)(=O)c1ccccc1)C(=O)OC(C)(C)C. The van der Waals surface area contributed by atoms with E-state index in [-0.39, 0.29) is 22.8 Å². The molecule has 0 bridgehead atoms. The predicted octanol–water partition coefficient (Wildman–Crippen LogP) is 3.29. The first-order valence-electron chi connectivity index (χ1n) is 8.89. The van der Waals surface area contributed by atoms with Crippen LogP contribution in [-0.4, -0.2) is 44.5 Å². The van der Waals surface area contributed by atoms with Gasteiger partial charge in [0.25, 0.3) is 10.0 Å². The Bertz CT molecular complexity index is 969. The quantitative estimate of drug-likeness (QED) is 0.748. The van der Waals surface area contributed by atoms with E-state index in [4.69, 9.17) is 4.74 Å². The van der Waals surface area contributed by atoms with Gasteiger partial charge in [0, 0.05) is 7.05 Å². The minimum atomic E-state index is -3.81. The normalized spacial score (nSPS) is 11.4. The molecule has 2 aromatic rings. The van der Waals surface area contributed by atoms with E-state index in [0.29, 0.717) is 0 Å². The van der Waals surface area contributed by atoms with Crippen LogP contribution >= 0.6 is 0 Å². The van der Waals surface area contributed by atoms with E-state index in [2.05, 4.69) is 10.0 Å². The van der Waals surface area contributed by atoms with Crippen LogP contribution in [0.25, 0.3) is 0 Å². The number of para-hydroxylation sites is 2. The van der Waals surface area contributed by atoms with Gasteiger partial charge in [-0.25, -0.2) is 13.2 Å². The lowest BCUT2D eigenvalue weighted by molar-refractivity contribution is -0.117. The molecule has 2 amide bonds. The molecule has 0 fully saturated rings. The Morgan fingerprint density at radius 2 is 1.52 bits per heavy atom. The molecule has 0 atom stereocenters. The largest absolute Gasteiger partial charge is 0.444 e. The summed E-state index contributed by atoms with van der Waals surface area (Å²) in [6.07, 6.45) is -0.634. The molecule has 0 saturated carbocycles. The van der Waals surface area contributed by atoms with E-state index >= 15 is 0 Å². The van der Waals surface area contributed by atoms with Gasteiger partial charge < -0.3 is 15.0 Å². The lowest BCUT2D eigenvalue weighted by Crippen LogP contribution is -2.38. The molecular formula is C20H25N3O5S. The van der Waals surface area contributed by atoms with Crippen molar-refractivity contribution in [1.29, 1.82) is 0 Å². The molecule has 0 aliphatic carbocycles. The van der Waals surface area contributed by atoms with Crippen LogP contribution in [0.15, 0.2) is 59.5 Å². The van der Waals surface area contributed by atoms with Gasteiger partial charge in [-0.15, -0.1) is 0 Å². The maximum Gasteiger partial charge on any atom is 0.410 e. The van der Waals surface area contributed by atoms with E-state index < -0.39 is 27.6 Å². The number of rotatable bonds is 6. The highest BCUT2D eigenvalue weighted by Crippen LogP contribution is 2.24. The number of hydrogen-bond donors (Lipinski definition) is 2. The molecule has 9 heteroatoms. The fourth-order valence-electron chi connectivity index (χ4n) is 2.29. The average Bonchev–Trinajstić information content (AvgIpc) is 2.62. The minimum Gasteiger partial charge on any atom is -0.444 e. The van der Waals surface area contributed by atoms with Crippen LogP contribution in [0.5, 0.6) is 0 Å². The molecular weight excluding hydrogens is 394 g/mol. The monoisotopic (exact) mass is 419 g/mol. The first-order chi connectivity index (χ1) is 13.5. The van der Waals surface area contributed by atoms with Crippen LogP contribution in [-0.2, 0) is 19.6 Å². The topological polar surface area (TPSA) is 105 Å². The second-order valence-corrected chi connectivity index (χ2v) is 9.03. The summed E-state index contributed by atoms with van der Waals surface area (Å²) in [6, 6.07) is 14.3. The van der Waals surface area contributed by atoms with Gasteiger partial charge in [-0.2, -0.15) is 0 Å². The van der Waals surface area contributed by atoms with Crippen molar-refractivity contribution in [3.8, 4) is 0 Å². The van der Waals surface area contributed by atoms with Crippen molar-refractivity contribution < 1.29 is 22.7 Å². The number of benzene rings is 2. The number of likely N-dealkylation sites (N-methyl/N-ethyl adjacent to an activating group) is 1. The fraction of sp³-hybridized carbons (Fsp3) is 0.300. The van der Waals surface area contributed by atoms with E-state index in [1.165, 1.54) is 25.2 Å². The number of amides is 2. The first-order valence-corrected chi connectivity index (χ1v) is 10.4. The average molecular weight is 420 g/mol. The molecule has 0 saturated heterocycles. The summed E-state index contributed by atoms with van der Waals surface area (Å²) >= 11 is 0. The van der Waals surface area contributed by atoms with Crippen LogP contribution in [0.1, 0.15) is 20.8 Å². The Morgan fingerprint density at radius 1 is 0.966 bits per heavy atom. The molecule has 29 heavy (non-hydrogen) atoms. The third-order valence-electron chi connectivity index (χ3n) is 3.58. The Balaban J connectivity index is 2.09. The minimum absolute atomic E-state index is 0.103. The second-order valence-electron chi connectivity index (χ2n) is 7.35. The van der Waals surface area contributed by atoms with Crippen molar-refractivity contribution in [1.82, 2.24) is 4.90 Å². The molecule has 156 valence electrons. The van der Waals surface area contributed by atoms with Crippen molar-refractivity contribution in [3.05, 3.63) is 54.6 Å². The number of hydrogen-bond acceptors (Lipinski definition) is 5. The van der Waals surface area contributed by atoms with E-state index in [9.17, 15) is 18.0 Å². The van der Waals surface area contributed by atoms with Crippen molar-refractivity contribution in [3.63, 3.8) is 0 Å². The standard InChI is InChI=1S/C20H25N3O5S/c1-20(2,3)28-19(25)23(4)14-18(24)21-16-12-8-9-13-17(16)22-29(26,27)15-10-6-5-7-11-15/h5-13,22H,14H2,1-4H3,(H,21,24). The lowest BCUT2D eigenvalue weighted by Gasteiger charge is -2.24. The van der Waals surface area contributed by atoms with Gasteiger partial charge in [-0.3, -0.25) is 9.52 Å². The maximum absolute atomic E-state index is 12.5. The molecule has 0 aliphatic rings. The zero-order valence-electron chi connectivity index (χ0n) is 16.8. The van der Waals surface area contributed by atoms with Gasteiger partial charge in [0.05, 0.1) is 16.3 Å². The van der Waals surface area contributed by atoms with Crippen molar-refractivity contribution in [2.45, 2.75) is 31.3 Å². The molecule has 2 N–H and O–H groups in total. The summed E-state index contributed by atoms with van der Waals surface area (Å²) in [5, 5.41) is 2.62. The van der Waals surface area contributed by atoms with Crippen LogP contribution in [0.3, 0.4) is 0 Å². The zero-order valence-corrected chi connectivity index (χ0v) is 17.6. The van der Waals surface area contributed by atoms with Crippen molar-refractivity contribution >= 4 is 33.4 Å². The Hall–Kier alpha value is -3.07. The molecule has 0 aliphatic heterocycles. The molecule has 2 aromatic carbocycles. The number of ether oxygens (including phenoxy) is 1. The highest BCUT2D eigenvalue weighted by Gasteiger charge is 2.22. The predicted molar refractivity (Wildman–Crippen MR) is 111 cm³/mol. The van der Waals surface area contributed by atoms with Crippen LogP contribution < -0.4 is 10.0 Å². The van der Waals surface area contributed by atoms with Crippen molar-refractivity contribution in [2.24, 2.45) is 0 Å². The number of carbonyl (C=O) groups excluding carboxylic acids is 2. The summed E-state index contributed by atoms with van der Waals surface area (Å²) in [6.45, 7) is 4.93. The van der Waals surface area contributed by atoms with Gasteiger partial charge in [0.2, 0.25) is 5.91 Å². The molecule has 0 spiro atoms. The number of nitrogens with zero attached hydrogens (tertiary/aromatic N) is 1. The number of sulfonamides is 1. The second kappa shape index (κ2) is 8.95. The highest BCUT2D eigenvalue weighted by atomic mass is 32.2. The smallest absolute Gasteiger partial charge is 0.410 e. The highest BCUT2D eigenvalue weighted by molar-refractivity contribution is 7.92. The van der Waals surface area contributed by atoms with Crippen LogP contribution in [0.2, 0.25) is 0 Å². The lowest BCUT2D eigenvalue weighted by atomic mass is 10.2. The fourth-order valence-corrected chi connectivity index (χ4v) is 3.39. The first kappa shape index (κ1) is 22.2. The van der Waals surface area contributed by atoms with E-state index in [0.717, 1.165) is 4.90 Å². The third kappa shape index (κ3) is 6.79. The van der Waals surface area contributed by atoms with Crippen LogP contribution in [0.4, 0.5) is 16.2 Å². The molecule has 8 nitrogen and oxygen atoms in total.